The molecule has 1 aromatic rings. The van der Waals surface area contributed by atoms with Crippen LogP contribution in [0.5, 0.6) is 0 Å². The molecule has 1 heterocycles. The van der Waals surface area contributed by atoms with Crippen LogP contribution in [0.15, 0.2) is 33.8 Å². The molecule has 1 aliphatic rings. The van der Waals surface area contributed by atoms with E-state index < -0.39 is 18.0 Å². The summed E-state index contributed by atoms with van der Waals surface area (Å²) in [4.78, 5) is 23.2. The molecule has 1 aliphatic heterocycles. The molecule has 0 aromatic heterocycles. The van der Waals surface area contributed by atoms with Crippen LogP contribution >= 0.6 is 15.9 Å². The summed E-state index contributed by atoms with van der Waals surface area (Å²) < 4.78 is 5.83. The number of rotatable bonds is 3. The van der Waals surface area contributed by atoms with E-state index in [-0.39, 0.29) is 12.3 Å². The molecule has 19 heavy (non-hydrogen) atoms. The van der Waals surface area contributed by atoms with Crippen molar-refractivity contribution < 1.29 is 14.3 Å². The van der Waals surface area contributed by atoms with Crippen LogP contribution in [0.3, 0.4) is 0 Å². The molecule has 2 N–H and O–H groups in total. The van der Waals surface area contributed by atoms with Gasteiger partial charge in [-0.05, 0) is 24.6 Å². The first kappa shape index (κ1) is 13.5. The van der Waals surface area contributed by atoms with Crippen molar-refractivity contribution in [1.82, 2.24) is 10.7 Å². The van der Waals surface area contributed by atoms with Gasteiger partial charge in [0, 0.05) is 4.47 Å². The maximum atomic E-state index is 11.8. The van der Waals surface area contributed by atoms with Gasteiger partial charge in [0.15, 0.2) is 5.71 Å². The maximum Gasteiger partial charge on any atom is 0.357 e. The highest BCUT2D eigenvalue weighted by molar-refractivity contribution is 9.10. The minimum absolute atomic E-state index is 0.128. The number of ether oxygens (including phenoxy) is 1. The molecule has 0 saturated heterocycles. The van der Waals surface area contributed by atoms with Crippen LogP contribution in [0.25, 0.3) is 0 Å². The third kappa shape index (κ3) is 3.11. The molecule has 100 valence electrons. The fourth-order valence-electron chi connectivity index (χ4n) is 1.67. The van der Waals surface area contributed by atoms with Crippen LogP contribution in [0.2, 0.25) is 0 Å². The highest BCUT2D eigenvalue weighted by Gasteiger charge is 2.30. The van der Waals surface area contributed by atoms with Gasteiger partial charge in [0.05, 0.1) is 6.61 Å². The number of hydrogen-bond donors (Lipinski definition) is 2. The third-order valence-corrected chi connectivity index (χ3v) is 3.04. The second-order valence-corrected chi connectivity index (χ2v) is 4.70. The number of nitrogens with one attached hydrogen (secondary N) is 2. The fraction of sp³-hybridized carbons (Fsp3) is 0.250. The number of nitrogens with zero attached hydrogens (tertiary/aromatic N) is 1. The van der Waals surface area contributed by atoms with Gasteiger partial charge in [0.2, 0.25) is 0 Å². The van der Waals surface area contributed by atoms with Crippen molar-refractivity contribution in [3.8, 4) is 0 Å². The topological polar surface area (TPSA) is 79.8 Å². The zero-order valence-electron chi connectivity index (χ0n) is 10.1. The van der Waals surface area contributed by atoms with E-state index in [9.17, 15) is 9.59 Å². The summed E-state index contributed by atoms with van der Waals surface area (Å²) in [6, 6.07) is 6.19. The molecule has 0 radical (unpaired) electrons. The molecular weight excluding hydrogens is 314 g/mol. The molecule has 2 amide bonds. The van der Waals surface area contributed by atoms with Crippen molar-refractivity contribution in [3.05, 3.63) is 34.3 Å². The Kier molecular flexibility index (Phi) is 4.16. The average Bonchev–Trinajstić information content (AvgIpc) is 2.39. The molecule has 1 aromatic carbocycles. The SMILES string of the molecule is CCOC(=O)C1=NNC(=O)NC1c1ccc(Br)cc1. The number of carbonyl (C=O) groups excluding carboxylic acids is 2. The Morgan fingerprint density at radius 2 is 2.11 bits per heavy atom. The van der Waals surface area contributed by atoms with Crippen molar-refractivity contribution in [2.75, 3.05) is 6.61 Å². The minimum atomic E-state index is -0.610. The zero-order valence-corrected chi connectivity index (χ0v) is 11.7. The molecule has 0 spiro atoms. The van der Waals surface area contributed by atoms with E-state index in [1.807, 2.05) is 12.1 Å². The first-order chi connectivity index (χ1) is 9.11. The number of carbonyl (C=O) groups is 2. The van der Waals surface area contributed by atoms with E-state index in [2.05, 4.69) is 31.8 Å². The number of hydrazone groups is 1. The van der Waals surface area contributed by atoms with Gasteiger partial charge in [-0.2, -0.15) is 5.10 Å². The lowest BCUT2D eigenvalue weighted by Crippen LogP contribution is -2.47. The van der Waals surface area contributed by atoms with Gasteiger partial charge in [0.1, 0.15) is 6.04 Å². The number of benzene rings is 1. The summed E-state index contributed by atoms with van der Waals surface area (Å²) >= 11 is 3.33. The molecule has 0 bridgehead atoms. The summed E-state index contributed by atoms with van der Waals surface area (Å²) in [7, 11) is 0. The quantitative estimate of drug-likeness (QED) is 0.830. The number of halogens is 1. The van der Waals surface area contributed by atoms with Gasteiger partial charge in [0.25, 0.3) is 0 Å². The maximum absolute atomic E-state index is 11.8. The number of esters is 1. The molecule has 1 atom stereocenters. The predicted molar refractivity (Wildman–Crippen MR) is 72.6 cm³/mol. The van der Waals surface area contributed by atoms with Crippen LogP contribution in [-0.4, -0.2) is 24.3 Å². The number of urea groups is 1. The van der Waals surface area contributed by atoms with Crippen LogP contribution < -0.4 is 10.7 Å². The number of amides is 2. The van der Waals surface area contributed by atoms with Gasteiger partial charge in [-0.15, -0.1) is 0 Å². The van der Waals surface area contributed by atoms with Crippen LogP contribution in [0, 0.1) is 0 Å². The Bertz CT molecular complexity index is 528. The molecule has 0 fully saturated rings. The molecule has 6 nitrogen and oxygen atoms in total. The highest BCUT2D eigenvalue weighted by atomic mass is 79.9. The molecular formula is C12H12BrN3O3. The Morgan fingerprint density at radius 3 is 2.74 bits per heavy atom. The predicted octanol–water partition coefficient (Wildman–Crippen LogP) is 1.72. The van der Waals surface area contributed by atoms with E-state index in [1.165, 1.54) is 0 Å². The summed E-state index contributed by atoms with van der Waals surface area (Å²) in [6.07, 6.45) is 0. The van der Waals surface area contributed by atoms with Crippen LogP contribution in [0.1, 0.15) is 18.5 Å². The summed E-state index contributed by atoms with van der Waals surface area (Å²) in [5.41, 5.74) is 3.09. The molecule has 0 aliphatic carbocycles. The molecule has 2 rings (SSSR count). The molecule has 7 heteroatoms. The minimum Gasteiger partial charge on any atom is -0.461 e. The van der Waals surface area contributed by atoms with E-state index in [0.717, 1.165) is 10.0 Å². The summed E-state index contributed by atoms with van der Waals surface area (Å²) in [5, 5.41) is 6.42. The van der Waals surface area contributed by atoms with E-state index in [1.54, 1.807) is 19.1 Å². The second-order valence-electron chi connectivity index (χ2n) is 3.79. The highest BCUT2D eigenvalue weighted by Crippen LogP contribution is 2.20. The van der Waals surface area contributed by atoms with Gasteiger partial charge in [-0.25, -0.2) is 15.0 Å². The average molecular weight is 326 g/mol. The Morgan fingerprint density at radius 1 is 1.42 bits per heavy atom. The third-order valence-electron chi connectivity index (χ3n) is 2.51. The largest absolute Gasteiger partial charge is 0.461 e. The second kappa shape index (κ2) is 5.83. The Hall–Kier alpha value is -1.89. The first-order valence-corrected chi connectivity index (χ1v) is 6.47. The Balaban J connectivity index is 2.31. The van der Waals surface area contributed by atoms with Crippen LogP contribution in [-0.2, 0) is 9.53 Å². The van der Waals surface area contributed by atoms with Crippen molar-refractivity contribution in [1.29, 1.82) is 0 Å². The zero-order chi connectivity index (χ0) is 13.8. The van der Waals surface area contributed by atoms with Gasteiger partial charge in [-0.1, -0.05) is 28.1 Å². The van der Waals surface area contributed by atoms with E-state index in [0.29, 0.717) is 0 Å². The van der Waals surface area contributed by atoms with E-state index >= 15 is 0 Å². The molecule has 0 saturated carbocycles. The van der Waals surface area contributed by atoms with Crippen molar-refractivity contribution in [2.24, 2.45) is 5.10 Å². The standard InChI is InChI=1S/C12H12BrN3O3/c1-2-19-11(17)10-9(14-12(18)16-15-10)7-3-5-8(13)6-4-7/h3-6,9H,2H2,1H3,(H2,14,16,18). The Labute approximate surface area is 118 Å². The summed E-state index contributed by atoms with van der Waals surface area (Å²) in [6.45, 7) is 1.96. The lowest BCUT2D eigenvalue weighted by molar-refractivity contribution is -0.135. The van der Waals surface area contributed by atoms with E-state index in [4.69, 9.17) is 4.74 Å². The monoisotopic (exact) mass is 325 g/mol. The molecule has 1 unspecified atom stereocenters. The smallest absolute Gasteiger partial charge is 0.357 e. The van der Waals surface area contributed by atoms with Crippen molar-refractivity contribution >= 4 is 33.6 Å². The van der Waals surface area contributed by atoms with Gasteiger partial charge >= 0.3 is 12.0 Å². The van der Waals surface area contributed by atoms with Gasteiger partial charge < -0.3 is 10.1 Å². The normalized spacial score (nSPS) is 18.1. The van der Waals surface area contributed by atoms with Crippen LogP contribution in [0.4, 0.5) is 4.79 Å². The lowest BCUT2D eigenvalue weighted by Gasteiger charge is -2.23. The van der Waals surface area contributed by atoms with Gasteiger partial charge in [-0.3, -0.25) is 0 Å². The van der Waals surface area contributed by atoms with Crippen molar-refractivity contribution in [2.45, 2.75) is 13.0 Å². The lowest BCUT2D eigenvalue weighted by atomic mass is 10.0. The fourth-order valence-corrected chi connectivity index (χ4v) is 1.94. The summed E-state index contributed by atoms with van der Waals surface area (Å²) in [5.74, 6) is -0.553. The van der Waals surface area contributed by atoms with Crippen molar-refractivity contribution in [3.63, 3.8) is 0 Å². The number of hydrogen-bond acceptors (Lipinski definition) is 4. The first-order valence-electron chi connectivity index (χ1n) is 5.68.